The molecule has 2 N–H and O–H groups in total. The van der Waals surface area contributed by atoms with Crippen LogP contribution in [0.2, 0.25) is 0 Å². The number of benzene rings is 1. The summed E-state index contributed by atoms with van der Waals surface area (Å²) in [5.74, 6) is 5.96. The van der Waals surface area contributed by atoms with Gasteiger partial charge in [0, 0.05) is 17.5 Å². The monoisotopic (exact) mass is 257 g/mol. The minimum atomic E-state index is 0.652. The van der Waals surface area contributed by atoms with Gasteiger partial charge in [0.1, 0.15) is 0 Å². The first-order valence-corrected chi connectivity index (χ1v) is 6.32. The molecule has 0 amide bonds. The highest BCUT2D eigenvalue weighted by Crippen LogP contribution is 2.26. The average molecular weight is 257 g/mol. The fraction of sp³-hybridized carbons (Fsp3) is 0.176. The van der Waals surface area contributed by atoms with E-state index < -0.39 is 0 Å². The summed E-state index contributed by atoms with van der Waals surface area (Å²) in [7, 11) is 0. The van der Waals surface area contributed by atoms with E-state index in [1.807, 2.05) is 38.1 Å². The Labute approximate surface area is 116 Å². The Morgan fingerprint density at radius 1 is 1.26 bits per heavy atom. The number of allylic oxidation sites excluding steroid dienone is 4. The maximum atomic E-state index is 5.30. The third kappa shape index (κ3) is 4.98. The number of rotatable bonds is 6. The number of hydrogen-bond donors (Lipinski definition) is 1. The molecule has 0 bridgehead atoms. The molecular formula is C17H23NO. The van der Waals surface area contributed by atoms with Crippen molar-refractivity contribution < 1.29 is 4.84 Å². The molecule has 0 aliphatic heterocycles. The lowest BCUT2D eigenvalue weighted by Crippen LogP contribution is -2.06. The molecule has 1 aromatic carbocycles. The fourth-order valence-corrected chi connectivity index (χ4v) is 1.62. The number of hydrogen-bond acceptors (Lipinski definition) is 2. The lowest BCUT2D eigenvalue weighted by molar-refractivity contribution is 0.330. The van der Waals surface area contributed by atoms with Crippen molar-refractivity contribution in [2.75, 3.05) is 0 Å². The van der Waals surface area contributed by atoms with Gasteiger partial charge in [0.25, 0.3) is 0 Å². The lowest BCUT2D eigenvalue weighted by Gasteiger charge is -2.10. The van der Waals surface area contributed by atoms with E-state index >= 15 is 0 Å². The molecule has 0 fully saturated rings. The molecule has 0 aliphatic carbocycles. The van der Waals surface area contributed by atoms with E-state index in [1.165, 1.54) is 0 Å². The van der Waals surface area contributed by atoms with Crippen LogP contribution in [0, 0.1) is 0 Å². The van der Waals surface area contributed by atoms with E-state index in [2.05, 4.69) is 19.7 Å². The highest BCUT2D eigenvalue weighted by molar-refractivity contribution is 5.59. The molecule has 2 nitrogen and oxygen atoms in total. The molecule has 0 aromatic heterocycles. The van der Waals surface area contributed by atoms with Crippen LogP contribution in [0.1, 0.15) is 25.0 Å². The zero-order valence-electron chi connectivity index (χ0n) is 11.9. The Bertz CT molecular complexity index is 458. The quantitative estimate of drug-likeness (QED) is 0.603. The summed E-state index contributed by atoms with van der Waals surface area (Å²) in [6.07, 6.45) is 7.86. The molecule has 0 heterocycles. The van der Waals surface area contributed by atoms with Crippen molar-refractivity contribution in [3.63, 3.8) is 0 Å². The Morgan fingerprint density at radius 2 is 1.95 bits per heavy atom. The van der Waals surface area contributed by atoms with Gasteiger partial charge in [-0.1, -0.05) is 76.1 Å². The van der Waals surface area contributed by atoms with E-state index in [0.29, 0.717) is 12.2 Å². The molecule has 1 rings (SSSR count). The molecule has 2 heteroatoms. The minimum absolute atomic E-state index is 0.652. The van der Waals surface area contributed by atoms with Crippen molar-refractivity contribution in [2.45, 2.75) is 20.3 Å². The second-order valence-corrected chi connectivity index (χ2v) is 3.52. The standard InChI is InChI=1S/C15H17NO.C2H6/c1-4-8-12(5-2)11-14-10-7-9-13(6-3)15(14)17-16;1-2/h4-10H,1-3,11,16H2;1-2H3/b12-8+;. The summed E-state index contributed by atoms with van der Waals surface area (Å²) in [6.45, 7) is 15.2. The molecule has 19 heavy (non-hydrogen) atoms. The van der Waals surface area contributed by atoms with Crippen LogP contribution in [0.5, 0.6) is 5.75 Å². The van der Waals surface area contributed by atoms with Crippen LogP contribution >= 0.6 is 0 Å². The van der Waals surface area contributed by atoms with Gasteiger partial charge in [0.05, 0.1) is 0 Å². The van der Waals surface area contributed by atoms with Crippen LogP contribution in [0.15, 0.2) is 61.7 Å². The van der Waals surface area contributed by atoms with Crippen LogP contribution in [-0.2, 0) is 6.42 Å². The molecule has 0 aliphatic rings. The van der Waals surface area contributed by atoms with E-state index in [0.717, 1.165) is 16.7 Å². The maximum Gasteiger partial charge on any atom is 0.157 e. The lowest BCUT2D eigenvalue weighted by atomic mass is 10.0. The van der Waals surface area contributed by atoms with Gasteiger partial charge in [0.15, 0.2) is 5.75 Å². The molecule has 0 atom stereocenters. The molecule has 0 unspecified atom stereocenters. The summed E-state index contributed by atoms with van der Waals surface area (Å²) < 4.78 is 0. The van der Waals surface area contributed by atoms with Crippen LogP contribution in [0.4, 0.5) is 0 Å². The largest absolute Gasteiger partial charge is 0.411 e. The van der Waals surface area contributed by atoms with Crippen LogP contribution in [-0.4, -0.2) is 0 Å². The Balaban J connectivity index is 0.00000154. The van der Waals surface area contributed by atoms with Crippen LogP contribution in [0.25, 0.3) is 6.08 Å². The smallest absolute Gasteiger partial charge is 0.157 e. The van der Waals surface area contributed by atoms with E-state index in [9.17, 15) is 0 Å². The van der Waals surface area contributed by atoms with Gasteiger partial charge in [0.2, 0.25) is 0 Å². The normalized spacial score (nSPS) is 9.95. The summed E-state index contributed by atoms with van der Waals surface area (Å²) in [6, 6.07) is 5.82. The molecular weight excluding hydrogens is 234 g/mol. The second kappa shape index (κ2) is 9.92. The summed E-state index contributed by atoms with van der Waals surface area (Å²) >= 11 is 0. The van der Waals surface area contributed by atoms with Crippen LogP contribution in [0.3, 0.4) is 0 Å². The van der Waals surface area contributed by atoms with E-state index in [1.54, 1.807) is 18.2 Å². The molecule has 0 spiro atoms. The third-order valence-electron chi connectivity index (χ3n) is 2.45. The predicted molar refractivity (Wildman–Crippen MR) is 84.9 cm³/mol. The van der Waals surface area contributed by atoms with E-state index in [-0.39, 0.29) is 0 Å². The summed E-state index contributed by atoms with van der Waals surface area (Å²) in [4.78, 5) is 4.93. The summed E-state index contributed by atoms with van der Waals surface area (Å²) in [5.41, 5.74) is 2.93. The third-order valence-corrected chi connectivity index (χ3v) is 2.45. The van der Waals surface area contributed by atoms with Gasteiger partial charge in [-0.2, -0.15) is 5.90 Å². The van der Waals surface area contributed by atoms with Crippen molar-refractivity contribution >= 4 is 6.08 Å². The first-order valence-electron chi connectivity index (χ1n) is 6.32. The van der Waals surface area contributed by atoms with Crippen molar-refractivity contribution in [3.8, 4) is 5.75 Å². The van der Waals surface area contributed by atoms with Gasteiger partial charge >= 0.3 is 0 Å². The Hall–Kier alpha value is -2.06. The topological polar surface area (TPSA) is 35.2 Å². The highest BCUT2D eigenvalue weighted by atomic mass is 16.6. The van der Waals surface area contributed by atoms with Gasteiger partial charge in [-0.05, 0) is 5.57 Å². The predicted octanol–water partition coefficient (Wildman–Crippen LogP) is 4.45. The van der Waals surface area contributed by atoms with Gasteiger partial charge in [-0.15, -0.1) is 0 Å². The van der Waals surface area contributed by atoms with Gasteiger partial charge < -0.3 is 4.84 Å². The highest BCUT2D eigenvalue weighted by Gasteiger charge is 2.07. The van der Waals surface area contributed by atoms with Crippen molar-refractivity contribution in [1.29, 1.82) is 0 Å². The SMILES string of the molecule is C=C/C=C(\C=C)Cc1cccc(C=C)c1ON.CC. The zero-order valence-corrected chi connectivity index (χ0v) is 11.9. The maximum absolute atomic E-state index is 5.30. The second-order valence-electron chi connectivity index (χ2n) is 3.52. The molecule has 0 saturated heterocycles. The van der Waals surface area contributed by atoms with Gasteiger partial charge in [-0.3, -0.25) is 0 Å². The molecule has 102 valence electrons. The van der Waals surface area contributed by atoms with Crippen molar-refractivity contribution in [3.05, 3.63) is 72.9 Å². The number of para-hydroxylation sites is 1. The molecule has 0 saturated carbocycles. The van der Waals surface area contributed by atoms with E-state index in [4.69, 9.17) is 10.7 Å². The average Bonchev–Trinajstić information content (AvgIpc) is 2.48. The fourth-order valence-electron chi connectivity index (χ4n) is 1.62. The first-order chi connectivity index (χ1) is 9.26. The first kappa shape index (κ1) is 16.9. The zero-order chi connectivity index (χ0) is 14.7. The molecule has 0 radical (unpaired) electrons. The molecule has 1 aromatic rings. The Kier molecular flexibility index (Phi) is 8.84. The number of nitrogens with two attached hydrogens (primary N) is 1. The minimum Gasteiger partial charge on any atom is -0.411 e. The van der Waals surface area contributed by atoms with Crippen LogP contribution < -0.4 is 10.7 Å². The van der Waals surface area contributed by atoms with Gasteiger partial charge in [-0.25, -0.2) is 0 Å². The summed E-state index contributed by atoms with van der Waals surface area (Å²) in [5, 5.41) is 0. The Morgan fingerprint density at radius 3 is 2.42 bits per heavy atom. The van der Waals surface area contributed by atoms with Crippen molar-refractivity contribution in [2.24, 2.45) is 5.90 Å². The van der Waals surface area contributed by atoms with Crippen molar-refractivity contribution in [1.82, 2.24) is 0 Å².